The third kappa shape index (κ3) is 8.00. The van der Waals surface area contributed by atoms with E-state index in [1.165, 1.54) is 78.9 Å². The fourth-order valence-electron chi connectivity index (χ4n) is 9.60. The molecule has 2 aliphatic carbocycles. The van der Waals surface area contributed by atoms with Crippen molar-refractivity contribution in [2.75, 3.05) is 36.0 Å². The van der Waals surface area contributed by atoms with Crippen LogP contribution in [0.5, 0.6) is 0 Å². The van der Waals surface area contributed by atoms with Crippen LogP contribution in [0.3, 0.4) is 0 Å². The summed E-state index contributed by atoms with van der Waals surface area (Å²) < 4.78 is 4.91. The summed E-state index contributed by atoms with van der Waals surface area (Å²) in [5.74, 6) is 0. The Morgan fingerprint density at radius 1 is 0.450 bits per heavy atom. The normalized spacial score (nSPS) is 15.1. The van der Waals surface area contributed by atoms with Crippen molar-refractivity contribution in [2.24, 2.45) is 0 Å². The van der Waals surface area contributed by atoms with E-state index in [0.717, 1.165) is 77.5 Å². The van der Waals surface area contributed by atoms with Crippen LogP contribution in [0.15, 0.2) is 121 Å². The summed E-state index contributed by atoms with van der Waals surface area (Å²) in [4.78, 5) is 5.08. The van der Waals surface area contributed by atoms with Gasteiger partial charge in [0.05, 0.1) is 0 Å². The summed E-state index contributed by atoms with van der Waals surface area (Å²) >= 11 is 0. The maximum absolute atomic E-state index is 2.54. The van der Waals surface area contributed by atoms with Crippen molar-refractivity contribution in [3.05, 3.63) is 189 Å². The fraction of sp³-hybridized carbons (Fsp3) is 0.286. The van der Waals surface area contributed by atoms with E-state index in [9.17, 15) is 0 Å². The van der Waals surface area contributed by atoms with Gasteiger partial charge < -0.3 is 18.9 Å². The zero-order chi connectivity index (χ0) is 41.0. The van der Waals surface area contributed by atoms with E-state index in [1.54, 1.807) is 11.1 Å². The van der Waals surface area contributed by atoms with Gasteiger partial charge in [0.15, 0.2) is 0 Å². The van der Waals surface area contributed by atoms with Gasteiger partial charge in [-0.3, -0.25) is 0 Å². The molecule has 1 fully saturated rings. The first-order valence-electron chi connectivity index (χ1n) is 22.5. The predicted octanol–water partition coefficient (Wildman–Crippen LogP) is 13.2. The number of benzene rings is 4. The van der Waals surface area contributed by atoms with Gasteiger partial charge in [-0.2, -0.15) is 0 Å². The number of aromatic nitrogens is 2. The van der Waals surface area contributed by atoms with E-state index in [-0.39, 0.29) is 0 Å². The maximum atomic E-state index is 2.54. The molecule has 4 nitrogen and oxygen atoms in total. The molecule has 0 amide bonds. The summed E-state index contributed by atoms with van der Waals surface area (Å²) in [5, 5.41) is 0. The van der Waals surface area contributed by atoms with Crippen LogP contribution in [0.1, 0.15) is 107 Å². The molecule has 3 aliphatic rings. The molecule has 0 saturated carbocycles. The molecule has 6 aromatic rings. The molecular weight excluding hydrogens is 729 g/mol. The number of fused-ring (bicyclic) bond motifs is 3. The van der Waals surface area contributed by atoms with Crippen LogP contribution in [0.4, 0.5) is 11.4 Å². The van der Waals surface area contributed by atoms with E-state index in [0.29, 0.717) is 0 Å². The Bertz CT molecular complexity index is 2470. The zero-order valence-corrected chi connectivity index (χ0v) is 36.1. The molecule has 0 unspecified atom stereocenters. The Kier molecular flexibility index (Phi) is 11.6. The highest BCUT2D eigenvalue weighted by molar-refractivity contribution is 5.70. The number of hydrogen-bond donors (Lipinski definition) is 0. The SMILES string of the molecule is CC/C=C\c1c(C)c(C)c(/C=C\CC)n1-c1ccc(Cc2ccc(N3CCN(c4ccc(Cc5ccc(-n6c7c(c8c6C=CCC8)CCC=C7)cc5)cc4)CC3)cc2)cc1. The molecule has 304 valence electrons. The molecule has 3 heterocycles. The van der Waals surface area contributed by atoms with Crippen LogP contribution in [0, 0.1) is 13.8 Å². The van der Waals surface area contributed by atoms with Gasteiger partial charge in [-0.25, -0.2) is 0 Å². The van der Waals surface area contributed by atoms with Gasteiger partial charge in [-0.1, -0.05) is 86.7 Å². The molecule has 1 aliphatic heterocycles. The Balaban J connectivity index is 0.791. The smallest absolute Gasteiger partial charge is 0.0494 e. The van der Waals surface area contributed by atoms with Crippen molar-refractivity contribution in [3.63, 3.8) is 0 Å². The van der Waals surface area contributed by atoms with Gasteiger partial charge in [0.1, 0.15) is 0 Å². The zero-order valence-electron chi connectivity index (χ0n) is 36.1. The average molecular weight is 789 g/mol. The molecule has 4 aromatic carbocycles. The van der Waals surface area contributed by atoms with E-state index in [4.69, 9.17) is 0 Å². The lowest BCUT2D eigenvalue weighted by atomic mass is 9.94. The highest BCUT2D eigenvalue weighted by atomic mass is 15.3. The van der Waals surface area contributed by atoms with Crippen molar-refractivity contribution in [2.45, 2.75) is 79.1 Å². The van der Waals surface area contributed by atoms with Crippen LogP contribution in [0.25, 0.3) is 35.7 Å². The number of allylic oxidation sites excluding steroid dienone is 4. The molecule has 1 saturated heterocycles. The van der Waals surface area contributed by atoms with Gasteiger partial charge >= 0.3 is 0 Å². The summed E-state index contributed by atoms with van der Waals surface area (Å²) in [6, 6.07) is 37.0. The van der Waals surface area contributed by atoms with Crippen molar-refractivity contribution in [1.82, 2.24) is 9.13 Å². The lowest BCUT2D eigenvalue weighted by Gasteiger charge is -2.37. The molecule has 0 atom stereocenters. The minimum Gasteiger partial charge on any atom is -0.368 e. The predicted molar refractivity (Wildman–Crippen MR) is 257 cm³/mol. The van der Waals surface area contributed by atoms with Gasteiger partial charge in [0.2, 0.25) is 0 Å². The first-order valence-corrected chi connectivity index (χ1v) is 22.5. The summed E-state index contributed by atoms with van der Waals surface area (Å²) in [6.07, 6.45) is 27.0. The molecule has 4 heteroatoms. The Labute approximate surface area is 358 Å². The highest BCUT2D eigenvalue weighted by Crippen LogP contribution is 2.36. The molecule has 0 N–H and O–H groups in total. The lowest BCUT2D eigenvalue weighted by molar-refractivity contribution is 0.653. The van der Waals surface area contributed by atoms with E-state index >= 15 is 0 Å². The second kappa shape index (κ2) is 17.7. The first-order chi connectivity index (χ1) is 29.5. The summed E-state index contributed by atoms with van der Waals surface area (Å²) in [7, 11) is 0. The van der Waals surface area contributed by atoms with Crippen molar-refractivity contribution >= 4 is 35.7 Å². The summed E-state index contributed by atoms with van der Waals surface area (Å²) in [5.41, 5.74) is 21.7. The molecule has 60 heavy (non-hydrogen) atoms. The van der Waals surface area contributed by atoms with Gasteiger partial charge in [0.25, 0.3) is 0 Å². The van der Waals surface area contributed by atoms with Gasteiger partial charge in [-0.15, -0.1) is 0 Å². The molecule has 0 spiro atoms. The minimum absolute atomic E-state index is 0.928. The van der Waals surface area contributed by atoms with Crippen LogP contribution in [-0.2, 0) is 25.7 Å². The molecular formula is C56H60N4. The lowest BCUT2D eigenvalue weighted by Crippen LogP contribution is -2.46. The van der Waals surface area contributed by atoms with E-state index in [1.807, 2.05) is 0 Å². The van der Waals surface area contributed by atoms with Crippen molar-refractivity contribution in [1.29, 1.82) is 0 Å². The van der Waals surface area contributed by atoms with Crippen molar-refractivity contribution < 1.29 is 0 Å². The number of hydrogen-bond acceptors (Lipinski definition) is 2. The third-order valence-electron chi connectivity index (χ3n) is 13.1. The second-order valence-electron chi connectivity index (χ2n) is 16.9. The second-order valence-corrected chi connectivity index (χ2v) is 16.9. The minimum atomic E-state index is 0.928. The number of piperazine rings is 1. The Morgan fingerprint density at radius 3 is 1.17 bits per heavy atom. The molecule has 9 rings (SSSR count). The van der Waals surface area contributed by atoms with Gasteiger partial charge in [-0.05, 0) is 183 Å². The number of rotatable bonds is 12. The third-order valence-corrected chi connectivity index (χ3v) is 13.1. The Morgan fingerprint density at radius 2 is 0.800 bits per heavy atom. The first kappa shape index (κ1) is 39.5. The summed E-state index contributed by atoms with van der Waals surface area (Å²) in [6.45, 7) is 13.0. The van der Waals surface area contributed by atoms with Crippen LogP contribution in [0.2, 0.25) is 0 Å². The molecule has 2 aromatic heterocycles. The standard InChI is InChI=1S/C56H60N4/c1-5-7-15-53-41(3)42(4)54(16-8-6-2)59(53)49-31-23-45(24-32-49)39-43-19-27-47(28-20-43)57-35-37-58(38-36-57)48-29-21-44(22-30-48)40-46-25-33-50(34-26-46)60-55-17-11-9-13-51(55)52-14-10-12-18-56(52)60/h7-8,11-12,15-34H,5-6,9-10,13-14,35-40H2,1-4H3/b15-7-,16-8-. The number of anilines is 2. The highest BCUT2D eigenvalue weighted by Gasteiger charge is 2.24. The average Bonchev–Trinajstić information content (AvgIpc) is 3.75. The quantitative estimate of drug-likeness (QED) is 0.123. The maximum Gasteiger partial charge on any atom is 0.0494 e. The van der Waals surface area contributed by atoms with Crippen LogP contribution < -0.4 is 9.80 Å². The van der Waals surface area contributed by atoms with E-state index in [2.05, 4.69) is 192 Å². The van der Waals surface area contributed by atoms with Crippen LogP contribution in [-0.4, -0.2) is 35.3 Å². The number of nitrogens with zero attached hydrogens (tertiary/aromatic N) is 4. The topological polar surface area (TPSA) is 16.3 Å². The Hall–Kier alpha value is -6.00. The monoisotopic (exact) mass is 788 g/mol. The van der Waals surface area contributed by atoms with Crippen molar-refractivity contribution in [3.8, 4) is 11.4 Å². The van der Waals surface area contributed by atoms with Crippen LogP contribution >= 0.6 is 0 Å². The molecule has 0 bridgehead atoms. The molecule has 0 radical (unpaired) electrons. The fourth-order valence-corrected chi connectivity index (χ4v) is 9.60. The van der Waals surface area contributed by atoms with Gasteiger partial charge in [0, 0.05) is 71.7 Å². The van der Waals surface area contributed by atoms with E-state index < -0.39 is 0 Å². The largest absolute Gasteiger partial charge is 0.368 e.